The molecule has 0 aromatic heterocycles. The Morgan fingerprint density at radius 1 is 0.872 bits per heavy atom. The Morgan fingerprint density at radius 3 is 2.21 bits per heavy atom. The van der Waals surface area contributed by atoms with Crippen LogP contribution in [0.4, 0.5) is 0 Å². The summed E-state index contributed by atoms with van der Waals surface area (Å²) in [4.78, 5) is 19.8. The van der Waals surface area contributed by atoms with E-state index in [9.17, 15) is 9.90 Å². The van der Waals surface area contributed by atoms with Crippen LogP contribution in [0.3, 0.4) is 0 Å². The number of aliphatic imine (C=N–C) groups is 1. The lowest BCUT2D eigenvalue weighted by Crippen LogP contribution is -2.54. The SMILES string of the molecule is O=C(NCC1(O)CCCCC1)[C@]1(Cc2ccc(Br)cc2)N=C(c2ccc(OCCCO)cc2)O[C@@H]1c1ccc(-c2ccccc2)cc1. The number of hydrogen-bond donors (Lipinski definition) is 3. The van der Waals surface area contributed by atoms with Gasteiger partial charge in [-0.15, -0.1) is 0 Å². The molecule has 0 spiro atoms. The molecule has 47 heavy (non-hydrogen) atoms. The molecule has 6 rings (SSSR count). The maximum atomic E-state index is 14.6. The number of amides is 1. The Balaban J connectivity index is 1.39. The molecule has 1 saturated carbocycles. The van der Waals surface area contributed by atoms with Gasteiger partial charge in [-0.25, -0.2) is 4.99 Å². The molecule has 4 aromatic carbocycles. The van der Waals surface area contributed by atoms with Crippen LogP contribution in [-0.4, -0.2) is 52.9 Å². The summed E-state index contributed by atoms with van der Waals surface area (Å²) in [7, 11) is 0. The second kappa shape index (κ2) is 14.8. The molecular weight excluding hydrogens is 656 g/mol. The lowest BCUT2D eigenvalue weighted by Gasteiger charge is -2.35. The number of halogens is 1. The summed E-state index contributed by atoms with van der Waals surface area (Å²) in [6.07, 6.45) is 4.41. The number of nitrogens with one attached hydrogen (secondary N) is 1. The summed E-state index contributed by atoms with van der Waals surface area (Å²) in [5.41, 5.74) is 2.37. The molecule has 0 bridgehead atoms. The summed E-state index contributed by atoms with van der Waals surface area (Å²) in [6.45, 7) is 0.645. The highest BCUT2D eigenvalue weighted by atomic mass is 79.9. The Labute approximate surface area is 284 Å². The Kier molecular flexibility index (Phi) is 10.4. The number of aliphatic hydroxyl groups is 2. The van der Waals surface area contributed by atoms with Crippen LogP contribution < -0.4 is 10.1 Å². The average molecular weight is 698 g/mol. The van der Waals surface area contributed by atoms with Crippen LogP contribution in [-0.2, 0) is 16.0 Å². The number of carbonyl (C=O) groups is 1. The van der Waals surface area contributed by atoms with Crippen molar-refractivity contribution in [3.63, 3.8) is 0 Å². The number of carbonyl (C=O) groups excluding carboxylic acids is 1. The first-order valence-corrected chi connectivity index (χ1v) is 17.2. The first kappa shape index (κ1) is 32.9. The smallest absolute Gasteiger partial charge is 0.252 e. The fraction of sp³-hybridized carbons (Fsp3) is 0.333. The molecule has 4 aromatic rings. The molecule has 0 unspecified atom stereocenters. The van der Waals surface area contributed by atoms with E-state index in [1.54, 1.807) is 0 Å². The molecule has 2 atom stereocenters. The van der Waals surface area contributed by atoms with Crippen molar-refractivity contribution < 1.29 is 24.5 Å². The lowest BCUT2D eigenvalue weighted by molar-refractivity contribution is -0.130. The van der Waals surface area contributed by atoms with E-state index >= 15 is 0 Å². The predicted molar refractivity (Wildman–Crippen MR) is 188 cm³/mol. The number of nitrogens with zero attached hydrogens (tertiary/aromatic N) is 1. The molecule has 7 nitrogen and oxygen atoms in total. The van der Waals surface area contributed by atoms with Gasteiger partial charge >= 0.3 is 0 Å². The number of rotatable bonds is 12. The average Bonchev–Trinajstić information content (AvgIpc) is 3.50. The lowest BCUT2D eigenvalue weighted by atomic mass is 9.81. The molecule has 1 amide bonds. The summed E-state index contributed by atoms with van der Waals surface area (Å²) >= 11 is 3.53. The van der Waals surface area contributed by atoms with Gasteiger partial charge < -0.3 is 25.0 Å². The van der Waals surface area contributed by atoms with Crippen LogP contribution in [0.1, 0.15) is 61.3 Å². The first-order valence-electron chi connectivity index (χ1n) is 16.4. The maximum Gasteiger partial charge on any atom is 0.252 e. The first-order chi connectivity index (χ1) is 22.9. The zero-order valence-corrected chi connectivity index (χ0v) is 28.0. The van der Waals surface area contributed by atoms with Gasteiger partial charge in [0, 0.05) is 36.0 Å². The molecule has 2 aliphatic rings. The number of hydrogen-bond acceptors (Lipinski definition) is 6. The highest BCUT2D eigenvalue weighted by molar-refractivity contribution is 9.10. The van der Waals surface area contributed by atoms with Gasteiger partial charge in [0.25, 0.3) is 5.91 Å². The monoisotopic (exact) mass is 696 g/mol. The number of benzene rings is 4. The second-order valence-corrected chi connectivity index (χ2v) is 13.5. The van der Waals surface area contributed by atoms with E-state index in [-0.39, 0.29) is 19.1 Å². The van der Waals surface area contributed by atoms with Crippen LogP contribution in [0.15, 0.2) is 113 Å². The predicted octanol–water partition coefficient (Wildman–Crippen LogP) is 7.19. The highest BCUT2D eigenvalue weighted by Crippen LogP contribution is 2.43. The number of ether oxygens (including phenoxy) is 2. The molecule has 8 heteroatoms. The van der Waals surface area contributed by atoms with Crippen LogP contribution in [0.2, 0.25) is 0 Å². The fourth-order valence-corrected chi connectivity index (χ4v) is 6.73. The van der Waals surface area contributed by atoms with Gasteiger partial charge in [0.05, 0.1) is 12.2 Å². The van der Waals surface area contributed by atoms with Gasteiger partial charge in [-0.05, 0) is 71.5 Å². The summed E-state index contributed by atoms with van der Waals surface area (Å²) in [6, 6.07) is 33.7. The topological polar surface area (TPSA) is 100 Å². The normalized spacial score (nSPS) is 20.2. The van der Waals surface area contributed by atoms with Crippen molar-refractivity contribution >= 4 is 27.7 Å². The van der Waals surface area contributed by atoms with Crippen molar-refractivity contribution in [3.05, 3.63) is 124 Å². The Bertz CT molecular complexity index is 1650. The van der Waals surface area contributed by atoms with Crippen LogP contribution >= 0.6 is 15.9 Å². The van der Waals surface area contributed by atoms with Gasteiger partial charge in [0.15, 0.2) is 11.6 Å². The molecule has 1 aliphatic heterocycles. The zero-order chi connectivity index (χ0) is 32.7. The van der Waals surface area contributed by atoms with Gasteiger partial charge in [0.2, 0.25) is 5.90 Å². The second-order valence-electron chi connectivity index (χ2n) is 12.5. The van der Waals surface area contributed by atoms with E-state index in [4.69, 9.17) is 19.6 Å². The molecule has 1 heterocycles. The van der Waals surface area contributed by atoms with E-state index in [0.29, 0.717) is 43.9 Å². The van der Waals surface area contributed by atoms with E-state index in [1.165, 1.54) is 0 Å². The van der Waals surface area contributed by atoms with Gasteiger partial charge in [-0.2, -0.15) is 0 Å². The Morgan fingerprint density at radius 2 is 1.53 bits per heavy atom. The van der Waals surface area contributed by atoms with E-state index in [1.807, 2.05) is 78.9 Å². The minimum atomic E-state index is -1.35. The van der Waals surface area contributed by atoms with E-state index in [2.05, 4.69) is 45.5 Å². The standard InChI is InChI=1S/C39H41BrN2O5/c40-33-18-10-28(11-19-33)26-39(37(44)41-27-38(45)22-5-2-6-23-38)35(31-14-12-30(13-15-31)29-8-3-1-4-9-29)47-36(42-39)32-16-20-34(21-17-32)46-25-7-24-43/h1,3-4,8-21,35,43,45H,2,5-7,22-27H2,(H,41,44)/t35-,39-/m1/s1. The third-order valence-electron chi connectivity index (χ3n) is 9.10. The molecule has 0 radical (unpaired) electrons. The van der Waals surface area contributed by atoms with Crippen molar-refractivity contribution in [3.8, 4) is 16.9 Å². The fourth-order valence-electron chi connectivity index (χ4n) is 6.46. The third-order valence-corrected chi connectivity index (χ3v) is 9.63. The largest absolute Gasteiger partial charge is 0.494 e. The Hall–Kier alpha value is -3.98. The third kappa shape index (κ3) is 7.78. The molecule has 3 N–H and O–H groups in total. The van der Waals surface area contributed by atoms with Crippen LogP contribution in [0.5, 0.6) is 5.75 Å². The minimum absolute atomic E-state index is 0.0658. The molecular formula is C39H41BrN2O5. The van der Waals surface area contributed by atoms with Gasteiger partial charge in [0.1, 0.15) is 5.75 Å². The van der Waals surface area contributed by atoms with Gasteiger partial charge in [-0.3, -0.25) is 4.79 Å². The summed E-state index contributed by atoms with van der Waals surface area (Å²) in [5, 5.41) is 23.5. The quantitative estimate of drug-likeness (QED) is 0.136. The van der Waals surface area contributed by atoms with Crippen molar-refractivity contribution in [2.75, 3.05) is 19.8 Å². The van der Waals surface area contributed by atoms with Crippen LogP contribution in [0, 0.1) is 0 Å². The summed E-state index contributed by atoms with van der Waals surface area (Å²) < 4.78 is 13.4. The van der Waals surface area contributed by atoms with Crippen molar-refractivity contribution in [2.24, 2.45) is 4.99 Å². The molecule has 244 valence electrons. The van der Waals surface area contributed by atoms with Crippen molar-refractivity contribution in [1.82, 2.24) is 5.32 Å². The van der Waals surface area contributed by atoms with Crippen LogP contribution in [0.25, 0.3) is 11.1 Å². The minimum Gasteiger partial charge on any atom is -0.494 e. The van der Waals surface area contributed by atoms with Gasteiger partial charge in [-0.1, -0.05) is 102 Å². The van der Waals surface area contributed by atoms with E-state index in [0.717, 1.165) is 51.6 Å². The maximum absolute atomic E-state index is 14.6. The molecule has 1 aliphatic carbocycles. The molecule has 1 fully saturated rings. The van der Waals surface area contributed by atoms with Crippen molar-refractivity contribution in [1.29, 1.82) is 0 Å². The highest BCUT2D eigenvalue weighted by Gasteiger charge is 2.53. The van der Waals surface area contributed by atoms with E-state index < -0.39 is 17.2 Å². The summed E-state index contributed by atoms with van der Waals surface area (Å²) in [5.74, 6) is 0.761. The molecule has 0 saturated heterocycles. The zero-order valence-electron chi connectivity index (χ0n) is 26.4. The van der Waals surface area contributed by atoms with Crippen molar-refractivity contribution in [2.45, 2.75) is 62.2 Å². The number of aliphatic hydroxyl groups excluding tert-OH is 1.